The van der Waals surface area contributed by atoms with Gasteiger partial charge in [0.25, 0.3) is 0 Å². The van der Waals surface area contributed by atoms with Gasteiger partial charge in [0.2, 0.25) is 0 Å². The van der Waals surface area contributed by atoms with Gasteiger partial charge < -0.3 is 10.2 Å². The van der Waals surface area contributed by atoms with Crippen LogP contribution in [0.4, 0.5) is 0 Å². The summed E-state index contributed by atoms with van der Waals surface area (Å²) < 4.78 is 0. The van der Waals surface area contributed by atoms with Crippen molar-refractivity contribution in [3.63, 3.8) is 0 Å². The second-order valence-corrected chi connectivity index (χ2v) is 5.22. The molecule has 1 aromatic rings. The number of quaternary nitrogens is 1. The second kappa shape index (κ2) is 4.15. The summed E-state index contributed by atoms with van der Waals surface area (Å²) in [6.07, 6.45) is 3.21. The Labute approximate surface area is 102 Å². The first-order valence-electron chi connectivity index (χ1n) is 6.41. The number of oxime groups is 1. The van der Waals surface area contributed by atoms with Crippen molar-refractivity contribution in [1.82, 2.24) is 0 Å². The van der Waals surface area contributed by atoms with Crippen LogP contribution in [0.3, 0.4) is 0 Å². The molecule has 0 aliphatic carbocycles. The van der Waals surface area contributed by atoms with Crippen molar-refractivity contribution in [2.75, 3.05) is 13.1 Å². The van der Waals surface area contributed by atoms with E-state index in [1.54, 1.807) is 0 Å². The molecular weight excluding hydrogens is 212 g/mol. The molecule has 1 fully saturated rings. The molecule has 0 radical (unpaired) electrons. The topological polar surface area (TPSA) is 38.2 Å². The Bertz CT molecular complexity index is 430. The van der Waals surface area contributed by atoms with Crippen LogP contribution >= 0.6 is 0 Å². The predicted molar refractivity (Wildman–Crippen MR) is 67.0 cm³/mol. The lowest BCUT2D eigenvalue weighted by Crippen LogP contribution is -2.87. The van der Waals surface area contributed by atoms with Crippen molar-refractivity contribution >= 4 is 5.71 Å². The molecule has 0 saturated carbocycles. The molecule has 2 aliphatic heterocycles. The number of hydrogen-bond donors (Lipinski definition) is 1. The Kier molecular flexibility index (Phi) is 2.63. The van der Waals surface area contributed by atoms with Crippen LogP contribution in [0.5, 0.6) is 0 Å². The molecule has 0 aromatic heterocycles. The zero-order valence-electron chi connectivity index (χ0n) is 10.3. The highest BCUT2D eigenvalue weighted by Gasteiger charge is 2.41. The van der Waals surface area contributed by atoms with Gasteiger partial charge in [-0.15, -0.1) is 0 Å². The molecule has 0 amide bonds. The average Bonchev–Trinajstić information content (AvgIpc) is 2.75. The molecule has 2 N–H and O–H groups in total. The summed E-state index contributed by atoms with van der Waals surface area (Å²) in [7, 11) is 0. The fraction of sp³-hybridized carbons (Fsp3) is 0.500. The van der Waals surface area contributed by atoms with Crippen molar-refractivity contribution in [1.29, 1.82) is 0 Å². The van der Waals surface area contributed by atoms with Crippen LogP contribution in [-0.2, 0) is 4.84 Å². The van der Waals surface area contributed by atoms with E-state index in [0.717, 1.165) is 38.1 Å². The number of benzene rings is 1. The van der Waals surface area contributed by atoms with Crippen molar-refractivity contribution < 1.29 is 10.2 Å². The highest BCUT2D eigenvalue weighted by molar-refractivity contribution is 6.01. The highest BCUT2D eigenvalue weighted by Crippen LogP contribution is 2.33. The predicted octanol–water partition coefficient (Wildman–Crippen LogP) is 1.22. The SMILES string of the molecule is Cc1ccc(C2=NOC3(CC[NH2+]CC3)C2)cc1. The minimum Gasteiger partial charge on any atom is -0.388 e. The van der Waals surface area contributed by atoms with E-state index in [0.29, 0.717) is 0 Å². The lowest BCUT2D eigenvalue weighted by atomic mass is 9.86. The number of piperidine rings is 1. The molecule has 0 atom stereocenters. The molecule has 3 heteroatoms. The van der Waals surface area contributed by atoms with Gasteiger partial charge in [-0.25, -0.2) is 0 Å². The summed E-state index contributed by atoms with van der Waals surface area (Å²) in [5, 5.41) is 6.67. The van der Waals surface area contributed by atoms with E-state index < -0.39 is 0 Å². The summed E-state index contributed by atoms with van der Waals surface area (Å²) in [4.78, 5) is 5.75. The monoisotopic (exact) mass is 231 g/mol. The molecule has 0 unspecified atom stereocenters. The Balaban J connectivity index is 1.76. The largest absolute Gasteiger partial charge is 0.388 e. The zero-order chi connectivity index (χ0) is 11.7. The summed E-state index contributed by atoms with van der Waals surface area (Å²) in [5.74, 6) is 0. The second-order valence-electron chi connectivity index (χ2n) is 5.22. The van der Waals surface area contributed by atoms with Crippen LogP contribution in [0.2, 0.25) is 0 Å². The first kappa shape index (κ1) is 10.8. The van der Waals surface area contributed by atoms with Crippen LogP contribution in [0, 0.1) is 6.92 Å². The van der Waals surface area contributed by atoms with Crippen LogP contribution in [-0.4, -0.2) is 24.4 Å². The molecule has 0 bridgehead atoms. The van der Waals surface area contributed by atoms with E-state index in [-0.39, 0.29) is 5.60 Å². The van der Waals surface area contributed by atoms with Gasteiger partial charge in [-0.05, 0) is 12.5 Å². The molecule has 1 saturated heterocycles. The normalized spacial score (nSPS) is 22.3. The van der Waals surface area contributed by atoms with E-state index in [1.807, 2.05) is 0 Å². The Morgan fingerprint density at radius 2 is 1.88 bits per heavy atom. The number of rotatable bonds is 1. The van der Waals surface area contributed by atoms with Gasteiger partial charge in [-0.1, -0.05) is 35.0 Å². The average molecular weight is 231 g/mol. The van der Waals surface area contributed by atoms with Gasteiger partial charge in [0.1, 0.15) is 0 Å². The molecule has 3 nitrogen and oxygen atoms in total. The molecule has 3 rings (SSSR count). The Hall–Kier alpha value is -1.35. The standard InChI is InChI=1S/C14H18N2O/c1-11-2-4-12(5-3-11)13-10-14(17-16-13)6-8-15-9-7-14/h2-5,15H,6-10H2,1H3/p+1. The third-order valence-electron chi connectivity index (χ3n) is 3.83. The summed E-state index contributed by atoms with van der Waals surface area (Å²) in [6, 6.07) is 8.56. The summed E-state index contributed by atoms with van der Waals surface area (Å²) in [6.45, 7) is 4.43. The van der Waals surface area contributed by atoms with E-state index in [9.17, 15) is 0 Å². The van der Waals surface area contributed by atoms with Crippen molar-refractivity contribution in [3.05, 3.63) is 35.4 Å². The first-order valence-corrected chi connectivity index (χ1v) is 6.41. The van der Waals surface area contributed by atoms with Crippen LogP contribution in [0.25, 0.3) is 0 Å². The number of nitrogens with two attached hydrogens (primary N) is 1. The minimum atomic E-state index is 0.00890. The number of aryl methyl sites for hydroxylation is 1. The third kappa shape index (κ3) is 2.07. The Morgan fingerprint density at radius 3 is 2.59 bits per heavy atom. The fourth-order valence-electron chi connectivity index (χ4n) is 2.69. The van der Waals surface area contributed by atoms with Gasteiger partial charge in [0.15, 0.2) is 5.60 Å². The van der Waals surface area contributed by atoms with Gasteiger partial charge in [-0.3, -0.25) is 0 Å². The molecule has 17 heavy (non-hydrogen) atoms. The maximum absolute atomic E-state index is 5.75. The van der Waals surface area contributed by atoms with Crippen LogP contribution in [0.1, 0.15) is 30.4 Å². The minimum absolute atomic E-state index is 0.00890. The van der Waals surface area contributed by atoms with Crippen LogP contribution in [0.15, 0.2) is 29.4 Å². The molecule has 1 spiro atoms. The number of hydrogen-bond acceptors (Lipinski definition) is 2. The molecule has 1 aromatic carbocycles. The van der Waals surface area contributed by atoms with E-state index in [2.05, 4.69) is 41.7 Å². The first-order chi connectivity index (χ1) is 8.27. The maximum atomic E-state index is 5.75. The smallest absolute Gasteiger partial charge is 0.154 e. The van der Waals surface area contributed by atoms with E-state index in [1.165, 1.54) is 11.1 Å². The van der Waals surface area contributed by atoms with Crippen molar-refractivity contribution in [2.45, 2.75) is 31.8 Å². The summed E-state index contributed by atoms with van der Waals surface area (Å²) >= 11 is 0. The summed E-state index contributed by atoms with van der Waals surface area (Å²) in [5.41, 5.74) is 3.62. The van der Waals surface area contributed by atoms with Crippen molar-refractivity contribution in [3.8, 4) is 0 Å². The van der Waals surface area contributed by atoms with Crippen molar-refractivity contribution in [2.24, 2.45) is 5.16 Å². The lowest BCUT2D eigenvalue weighted by molar-refractivity contribution is -0.668. The highest BCUT2D eigenvalue weighted by atomic mass is 16.7. The van der Waals surface area contributed by atoms with Gasteiger partial charge in [0, 0.05) is 19.3 Å². The Morgan fingerprint density at radius 1 is 1.18 bits per heavy atom. The molecular formula is C14H19N2O+. The maximum Gasteiger partial charge on any atom is 0.154 e. The molecule has 90 valence electrons. The quantitative estimate of drug-likeness (QED) is 0.775. The fourth-order valence-corrected chi connectivity index (χ4v) is 2.69. The van der Waals surface area contributed by atoms with E-state index in [4.69, 9.17) is 4.84 Å². The molecule has 2 heterocycles. The third-order valence-corrected chi connectivity index (χ3v) is 3.83. The lowest BCUT2D eigenvalue weighted by Gasteiger charge is -2.28. The van der Waals surface area contributed by atoms with Gasteiger partial charge in [-0.2, -0.15) is 0 Å². The zero-order valence-corrected chi connectivity index (χ0v) is 10.3. The van der Waals surface area contributed by atoms with Gasteiger partial charge >= 0.3 is 0 Å². The molecule has 2 aliphatic rings. The number of nitrogens with zero attached hydrogens (tertiary/aromatic N) is 1. The van der Waals surface area contributed by atoms with E-state index >= 15 is 0 Å². The van der Waals surface area contributed by atoms with Gasteiger partial charge in [0.05, 0.1) is 18.8 Å². The van der Waals surface area contributed by atoms with Crippen LogP contribution < -0.4 is 5.32 Å².